The standard InChI is InChI=1S/C23H26O3S/c1-23(2)15-9-12-19(16-26-22(24)18-10-5-3-6-11-18)21(23)17-27(25)20-13-7-4-8-14-20/h3-8,10-11,13-14H,9,12,15-17H2,1-2H3. The maximum atomic E-state index is 12.9. The molecule has 3 rings (SSSR count). The Kier molecular flexibility index (Phi) is 6.27. The number of ether oxygens (including phenoxy) is 1. The van der Waals surface area contributed by atoms with Gasteiger partial charge in [0.1, 0.15) is 6.61 Å². The molecule has 2 aromatic carbocycles. The highest BCUT2D eigenvalue weighted by molar-refractivity contribution is 7.85. The molecule has 0 saturated carbocycles. The van der Waals surface area contributed by atoms with Crippen LogP contribution in [-0.4, -0.2) is 22.5 Å². The van der Waals surface area contributed by atoms with Gasteiger partial charge in [0.05, 0.1) is 22.1 Å². The van der Waals surface area contributed by atoms with Gasteiger partial charge in [0, 0.05) is 4.90 Å². The average Bonchev–Trinajstić information content (AvgIpc) is 2.69. The largest absolute Gasteiger partial charge is 0.458 e. The quantitative estimate of drug-likeness (QED) is 0.512. The van der Waals surface area contributed by atoms with Crippen molar-refractivity contribution in [1.82, 2.24) is 0 Å². The maximum Gasteiger partial charge on any atom is 0.338 e. The van der Waals surface area contributed by atoms with Crippen LogP contribution in [0.15, 0.2) is 76.7 Å². The minimum atomic E-state index is -1.10. The topological polar surface area (TPSA) is 43.4 Å². The van der Waals surface area contributed by atoms with Crippen molar-refractivity contribution < 1.29 is 13.7 Å². The zero-order chi connectivity index (χ0) is 19.3. The lowest BCUT2D eigenvalue weighted by Crippen LogP contribution is -2.27. The first-order valence-electron chi connectivity index (χ1n) is 9.34. The summed E-state index contributed by atoms with van der Waals surface area (Å²) in [6.45, 7) is 4.67. The summed E-state index contributed by atoms with van der Waals surface area (Å²) in [5.74, 6) is 0.185. The van der Waals surface area contributed by atoms with E-state index in [1.807, 2.05) is 48.5 Å². The van der Waals surface area contributed by atoms with Gasteiger partial charge in [0.2, 0.25) is 0 Å². The van der Waals surface area contributed by atoms with E-state index in [4.69, 9.17) is 4.74 Å². The first-order valence-corrected chi connectivity index (χ1v) is 10.7. The van der Waals surface area contributed by atoms with Crippen molar-refractivity contribution in [2.75, 3.05) is 12.4 Å². The normalized spacial score (nSPS) is 17.4. The zero-order valence-corrected chi connectivity index (χ0v) is 16.8. The summed E-state index contributed by atoms with van der Waals surface area (Å²) in [7, 11) is -1.10. The highest BCUT2D eigenvalue weighted by Gasteiger charge is 2.31. The van der Waals surface area contributed by atoms with E-state index in [0.29, 0.717) is 11.3 Å². The van der Waals surface area contributed by atoms with E-state index < -0.39 is 10.8 Å². The molecule has 1 aliphatic rings. The summed E-state index contributed by atoms with van der Waals surface area (Å²) in [5, 5.41) is 0. The van der Waals surface area contributed by atoms with Crippen LogP contribution in [0.4, 0.5) is 0 Å². The Hall–Kier alpha value is -2.20. The summed E-state index contributed by atoms with van der Waals surface area (Å²) in [6.07, 6.45) is 3.02. The van der Waals surface area contributed by atoms with Crippen molar-refractivity contribution >= 4 is 16.8 Å². The zero-order valence-electron chi connectivity index (χ0n) is 15.9. The fourth-order valence-electron chi connectivity index (χ4n) is 3.58. The van der Waals surface area contributed by atoms with Gasteiger partial charge in [0.15, 0.2) is 0 Å². The monoisotopic (exact) mass is 382 g/mol. The SMILES string of the molecule is CC1(C)CCCC(COC(=O)c2ccccc2)=C1CS(=O)c1ccccc1. The summed E-state index contributed by atoms with van der Waals surface area (Å²) >= 11 is 0. The number of esters is 1. The molecule has 1 aliphatic carbocycles. The van der Waals surface area contributed by atoms with Gasteiger partial charge in [-0.05, 0) is 60.1 Å². The summed E-state index contributed by atoms with van der Waals surface area (Å²) in [6, 6.07) is 18.6. The number of hydrogen-bond acceptors (Lipinski definition) is 3. The Balaban J connectivity index is 1.78. The molecular weight excluding hydrogens is 356 g/mol. The molecule has 0 N–H and O–H groups in total. The van der Waals surface area contributed by atoms with Crippen LogP contribution in [0.25, 0.3) is 0 Å². The molecule has 1 unspecified atom stereocenters. The van der Waals surface area contributed by atoms with Crippen LogP contribution in [0.5, 0.6) is 0 Å². The molecule has 0 heterocycles. The molecule has 0 aromatic heterocycles. The molecule has 0 saturated heterocycles. The second kappa shape index (κ2) is 8.66. The molecule has 2 aromatic rings. The van der Waals surface area contributed by atoms with Gasteiger partial charge in [0.25, 0.3) is 0 Å². The maximum absolute atomic E-state index is 12.9. The van der Waals surface area contributed by atoms with Crippen molar-refractivity contribution in [2.45, 2.75) is 38.0 Å². The number of benzene rings is 2. The summed E-state index contributed by atoms with van der Waals surface area (Å²) in [4.78, 5) is 13.1. The van der Waals surface area contributed by atoms with E-state index >= 15 is 0 Å². The van der Waals surface area contributed by atoms with Gasteiger partial charge >= 0.3 is 5.97 Å². The van der Waals surface area contributed by atoms with Crippen LogP contribution in [0.2, 0.25) is 0 Å². The Morgan fingerprint density at radius 3 is 2.33 bits per heavy atom. The van der Waals surface area contributed by atoms with Crippen molar-refractivity contribution in [3.63, 3.8) is 0 Å². The molecule has 27 heavy (non-hydrogen) atoms. The molecule has 4 heteroatoms. The van der Waals surface area contributed by atoms with Gasteiger partial charge in [-0.25, -0.2) is 4.79 Å². The summed E-state index contributed by atoms with van der Waals surface area (Å²) in [5.41, 5.74) is 2.83. The van der Waals surface area contributed by atoms with Crippen molar-refractivity contribution in [2.24, 2.45) is 5.41 Å². The molecule has 0 aliphatic heterocycles. The van der Waals surface area contributed by atoms with Gasteiger partial charge in [-0.3, -0.25) is 4.21 Å². The molecule has 0 bridgehead atoms. The molecule has 0 fully saturated rings. The minimum Gasteiger partial charge on any atom is -0.458 e. The number of carbonyl (C=O) groups excluding carboxylic acids is 1. The fourth-order valence-corrected chi connectivity index (χ4v) is 5.06. The third-order valence-corrected chi connectivity index (χ3v) is 6.54. The lowest BCUT2D eigenvalue weighted by Gasteiger charge is -2.35. The van der Waals surface area contributed by atoms with Crippen molar-refractivity contribution in [3.05, 3.63) is 77.4 Å². The molecule has 0 spiro atoms. The predicted octanol–water partition coefficient (Wildman–Crippen LogP) is 5.16. The van der Waals surface area contributed by atoms with E-state index in [9.17, 15) is 9.00 Å². The van der Waals surface area contributed by atoms with Crippen LogP contribution in [-0.2, 0) is 15.5 Å². The van der Waals surface area contributed by atoms with E-state index in [-0.39, 0.29) is 18.0 Å². The Labute approximate surface area is 163 Å². The molecule has 0 radical (unpaired) electrons. The predicted molar refractivity (Wildman–Crippen MR) is 109 cm³/mol. The van der Waals surface area contributed by atoms with E-state index in [1.165, 1.54) is 5.57 Å². The fraction of sp³-hybridized carbons (Fsp3) is 0.348. The average molecular weight is 383 g/mol. The van der Waals surface area contributed by atoms with Crippen LogP contribution in [0, 0.1) is 5.41 Å². The van der Waals surface area contributed by atoms with Gasteiger partial charge in [-0.2, -0.15) is 0 Å². The van der Waals surface area contributed by atoms with Crippen LogP contribution in [0.3, 0.4) is 0 Å². The van der Waals surface area contributed by atoms with E-state index in [1.54, 1.807) is 12.1 Å². The van der Waals surface area contributed by atoms with Gasteiger partial charge < -0.3 is 4.74 Å². The second-order valence-electron chi connectivity index (χ2n) is 7.56. The van der Waals surface area contributed by atoms with E-state index in [2.05, 4.69) is 13.8 Å². The Bertz CT molecular complexity index is 838. The van der Waals surface area contributed by atoms with Crippen molar-refractivity contribution in [1.29, 1.82) is 0 Å². The Morgan fingerprint density at radius 1 is 1.04 bits per heavy atom. The first-order chi connectivity index (χ1) is 13.0. The molecule has 142 valence electrons. The number of rotatable bonds is 6. The first kappa shape index (κ1) is 19.6. The van der Waals surface area contributed by atoms with Crippen LogP contribution >= 0.6 is 0 Å². The number of hydrogen-bond donors (Lipinski definition) is 0. The smallest absolute Gasteiger partial charge is 0.338 e. The third-order valence-electron chi connectivity index (χ3n) is 5.19. The van der Waals surface area contributed by atoms with E-state index in [0.717, 1.165) is 29.7 Å². The second-order valence-corrected chi connectivity index (χ2v) is 9.02. The third kappa shape index (κ3) is 4.95. The minimum absolute atomic E-state index is 0.0306. The lowest BCUT2D eigenvalue weighted by molar-refractivity contribution is 0.0532. The van der Waals surface area contributed by atoms with Crippen LogP contribution < -0.4 is 0 Å². The highest BCUT2D eigenvalue weighted by atomic mass is 32.2. The molecule has 0 amide bonds. The lowest BCUT2D eigenvalue weighted by atomic mass is 9.73. The molecular formula is C23H26O3S. The van der Waals surface area contributed by atoms with Gasteiger partial charge in [-0.15, -0.1) is 0 Å². The molecule has 3 nitrogen and oxygen atoms in total. The summed E-state index contributed by atoms with van der Waals surface area (Å²) < 4.78 is 18.5. The van der Waals surface area contributed by atoms with Crippen LogP contribution in [0.1, 0.15) is 43.5 Å². The molecule has 1 atom stereocenters. The van der Waals surface area contributed by atoms with Gasteiger partial charge in [-0.1, -0.05) is 50.2 Å². The highest BCUT2D eigenvalue weighted by Crippen LogP contribution is 2.41. The van der Waals surface area contributed by atoms with Crippen molar-refractivity contribution in [3.8, 4) is 0 Å². The number of carbonyl (C=O) groups is 1. The Morgan fingerprint density at radius 2 is 1.67 bits per heavy atom.